The molecule has 2 amide bonds. The summed E-state index contributed by atoms with van der Waals surface area (Å²) < 4.78 is 37.4. The van der Waals surface area contributed by atoms with Crippen molar-refractivity contribution in [3.63, 3.8) is 0 Å². The predicted octanol–water partition coefficient (Wildman–Crippen LogP) is 3.22. The number of rotatable bonds is 10. The van der Waals surface area contributed by atoms with Crippen molar-refractivity contribution in [2.45, 2.75) is 19.0 Å². The molecule has 0 aromatic heterocycles. The van der Waals surface area contributed by atoms with Crippen molar-refractivity contribution in [1.82, 2.24) is 10.2 Å². The third kappa shape index (κ3) is 6.56. The van der Waals surface area contributed by atoms with Gasteiger partial charge < -0.3 is 19.7 Å². The van der Waals surface area contributed by atoms with Crippen molar-refractivity contribution in [3.05, 3.63) is 88.9 Å². The quantitative estimate of drug-likeness (QED) is 0.410. The van der Waals surface area contributed by atoms with Crippen LogP contribution in [-0.2, 0) is 32.6 Å². The van der Waals surface area contributed by atoms with Gasteiger partial charge in [-0.1, -0.05) is 54.1 Å². The molecule has 3 aromatic rings. The zero-order valence-electron chi connectivity index (χ0n) is 21.0. The molecule has 4 rings (SSSR count). The first-order chi connectivity index (χ1) is 18.2. The van der Waals surface area contributed by atoms with E-state index in [0.29, 0.717) is 22.1 Å². The summed E-state index contributed by atoms with van der Waals surface area (Å²) in [7, 11) is -2.39. The maximum Gasteiger partial charge on any atom is 0.244 e. The molecule has 1 heterocycles. The molecule has 0 saturated carbocycles. The van der Waals surface area contributed by atoms with Crippen molar-refractivity contribution in [3.8, 4) is 11.5 Å². The first-order valence-electron chi connectivity index (χ1n) is 11.8. The standard InChI is InChI=1S/C27H28ClN3O6S/c1-29-27(33)23(14-19-7-4-3-5-8-19)30(16-20-9-6-10-21(28)13-20)26(32)17-31(38(2,34)35)22-11-12-24-25(15-22)37-18-36-24/h3-13,15,23H,14,16-18H2,1-2H3,(H,29,33)/t23-/m0/s1. The number of nitrogens with zero attached hydrogens (tertiary/aromatic N) is 2. The third-order valence-electron chi connectivity index (χ3n) is 6.08. The minimum atomic E-state index is -3.89. The number of amides is 2. The zero-order chi connectivity index (χ0) is 27.3. The fourth-order valence-electron chi connectivity index (χ4n) is 4.21. The summed E-state index contributed by atoms with van der Waals surface area (Å²) in [6.45, 7) is -0.457. The van der Waals surface area contributed by atoms with Crippen LogP contribution < -0.4 is 19.1 Å². The van der Waals surface area contributed by atoms with Crippen molar-refractivity contribution in [2.75, 3.05) is 30.9 Å². The Kier molecular flexibility index (Phi) is 8.43. The highest BCUT2D eigenvalue weighted by molar-refractivity contribution is 7.92. The Balaban J connectivity index is 1.71. The Morgan fingerprint density at radius 3 is 2.37 bits per heavy atom. The van der Waals surface area contributed by atoms with Gasteiger partial charge in [-0.25, -0.2) is 8.42 Å². The number of benzene rings is 3. The van der Waals surface area contributed by atoms with Gasteiger partial charge in [-0.2, -0.15) is 0 Å². The number of anilines is 1. The highest BCUT2D eigenvalue weighted by Crippen LogP contribution is 2.36. The summed E-state index contributed by atoms with van der Waals surface area (Å²) in [6, 6.07) is 20.0. The van der Waals surface area contributed by atoms with Crippen LogP contribution in [-0.4, -0.2) is 57.8 Å². The van der Waals surface area contributed by atoms with Crippen molar-refractivity contribution in [1.29, 1.82) is 0 Å². The largest absolute Gasteiger partial charge is 0.454 e. The number of carbonyl (C=O) groups is 2. The van der Waals surface area contributed by atoms with Crippen LogP contribution in [0.2, 0.25) is 5.02 Å². The van der Waals surface area contributed by atoms with E-state index in [0.717, 1.165) is 16.1 Å². The van der Waals surface area contributed by atoms with Gasteiger partial charge >= 0.3 is 0 Å². The summed E-state index contributed by atoms with van der Waals surface area (Å²) >= 11 is 6.19. The lowest BCUT2D eigenvalue weighted by molar-refractivity contribution is -0.139. The second kappa shape index (κ2) is 11.7. The number of hydrogen-bond acceptors (Lipinski definition) is 6. The predicted molar refractivity (Wildman–Crippen MR) is 145 cm³/mol. The van der Waals surface area contributed by atoms with E-state index in [2.05, 4.69) is 5.32 Å². The first kappa shape index (κ1) is 27.3. The van der Waals surface area contributed by atoms with Crippen LogP contribution in [0.25, 0.3) is 0 Å². The highest BCUT2D eigenvalue weighted by Gasteiger charge is 2.33. The Morgan fingerprint density at radius 1 is 0.974 bits per heavy atom. The van der Waals surface area contributed by atoms with E-state index in [1.165, 1.54) is 18.0 Å². The van der Waals surface area contributed by atoms with Gasteiger partial charge in [-0.3, -0.25) is 13.9 Å². The molecular weight excluding hydrogens is 530 g/mol. The van der Waals surface area contributed by atoms with E-state index >= 15 is 0 Å². The molecule has 1 atom stereocenters. The van der Waals surface area contributed by atoms with Gasteiger partial charge in [0.05, 0.1) is 11.9 Å². The Bertz CT molecular complexity index is 1420. The molecule has 1 aliphatic rings. The lowest BCUT2D eigenvalue weighted by atomic mass is 10.0. The molecule has 1 aliphatic heterocycles. The van der Waals surface area contributed by atoms with Crippen LogP contribution in [0.1, 0.15) is 11.1 Å². The third-order valence-corrected chi connectivity index (χ3v) is 7.46. The molecule has 0 aliphatic carbocycles. The van der Waals surface area contributed by atoms with Crippen molar-refractivity contribution in [2.24, 2.45) is 0 Å². The minimum Gasteiger partial charge on any atom is -0.454 e. The fourth-order valence-corrected chi connectivity index (χ4v) is 5.26. The maximum absolute atomic E-state index is 13.9. The minimum absolute atomic E-state index is 0.0251. The zero-order valence-corrected chi connectivity index (χ0v) is 22.5. The number of carbonyl (C=O) groups excluding carboxylic acids is 2. The topological polar surface area (TPSA) is 105 Å². The van der Waals surface area contributed by atoms with Gasteiger partial charge in [0.1, 0.15) is 12.6 Å². The van der Waals surface area contributed by atoms with Gasteiger partial charge in [0, 0.05) is 31.1 Å². The molecule has 1 N–H and O–H groups in total. The lowest BCUT2D eigenvalue weighted by Gasteiger charge is -2.33. The number of nitrogens with one attached hydrogen (secondary N) is 1. The number of hydrogen-bond donors (Lipinski definition) is 1. The fraction of sp³-hybridized carbons (Fsp3) is 0.259. The molecule has 0 fully saturated rings. The SMILES string of the molecule is CNC(=O)[C@H](Cc1ccccc1)N(Cc1cccc(Cl)c1)C(=O)CN(c1ccc2c(c1)OCO2)S(C)(=O)=O. The van der Waals surface area contributed by atoms with Crippen LogP contribution >= 0.6 is 11.6 Å². The number of sulfonamides is 1. The Labute approximate surface area is 227 Å². The van der Waals surface area contributed by atoms with E-state index < -0.39 is 28.5 Å². The number of fused-ring (bicyclic) bond motifs is 1. The van der Waals surface area contributed by atoms with E-state index in [-0.39, 0.29) is 31.4 Å². The smallest absolute Gasteiger partial charge is 0.244 e. The van der Waals surface area contributed by atoms with Crippen LogP contribution in [0, 0.1) is 0 Å². The van der Waals surface area contributed by atoms with Crippen molar-refractivity contribution >= 4 is 39.1 Å². The van der Waals surface area contributed by atoms with E-state index in [1.54, 1.807) is 36.4 Å². The summed E-state index contributed by atoms with van der Waals surface area (Å²) in [4.78, 5) is 28.4. The molecule has 11 heteroatoms. The normalized spacial score (nSPS) is 13.0. The van der Waals surface area contributed by atoms with Crippen LogP contribution in [0.3, 0.4) is 0 Å². The average Bonchev–Trinajstić information content (AvgIpc) is 3.36. The maximum atomic E-state index is 13.9. The summed E-state index contributed by atoms with van der Waals surface area (Å²) in [5.41, 5.74) is 1.79. The van der Waals surface area contributed by atoms with E-state index in [4.69, 9.17) is 21.1 Å². The number of halogens is 1. The average molecular weight is 558 g/mol. The second-order valence-corrected chi connectivity index (χ2v) is 11.1. The van der Waals surface area contributed by atoms with Crippen LogP contribution in [0.5, 0.6) is 11.5 Å². The second-order valence-electron chi connectivity index (χ2n) is 8.78. The molecule has 38 heavy (non-hydrogen) atoms. The first-order valence-corrected chi connectivity index (χ1v) is 14.0. The number of ether oxygens (including phenoxy) is 2. The molecule has 9 nitrogen and oxygen atoms in total. The lowest BCUT2D eigenvalue weighted by Crippen LogP contribution is -2.52. The molecule has 0 saturated heterocycles. The highest BCUT2D eigenvalue weighted by atomic mass is 35.5. The van der Waals surface area contributed by atoms with Gasteiger partial charge in [0.15, 0.2) is 11.5 Å². The van der Waals surface area contributed by atoms with Crippen LogP contribution in [0.15, 0.2) is 72.8 Å². The Hall–Kier alpha value is -3.76. The number of likely N-dealkylation sites (N-methyl/N-ethyl adjacent to an activating group) is 1. The summed E-state index contributed by atoms with van der Waals surface area (Å²) in [5.74, 6) is -0.0684. The molecule has 0 radical (unpaired) electrons. The molecule has 0 spiro atoms. The molecule has 3 aromatic carbocycles. The summed E-state index contributed by atoms with van der Waals surface area (Å²) in [5, 5.41) is 3.12. The van der Waals surface area contributed by atoms with E-state index in [9.17, 15) is 18.0 Å². The van der Waals surface area contributed by atoms with Gasteiger partial charge in [-0.15, -0.1) is 0 Å². The molecule has 0 bridgehead atoms. The molecule has 0 unspecified atom stereocenters. The van der Waals surface area contributed by atoms with E-state index in [1.807, 2.05) is 30.3 Å². The molecular formula is C27H28ClN3O6S. The van der Waals surface area contributed by atoms with Gasteiger partial charge in [0.25, 0.3) is 0 Å². The Morgan fingerprint density at radius 2 is 1.68 bits per heavy atom. The monoisotopic (exact) mass is 557 g/mol. The van der Waals surface area contributed by atoms with Crippen LogP contribution in [0.4, 0.5) is 5.69 Å². The van der Waals surface area contributed by atoms with Gasteiger partial charge in [-0.05, 0) is 35.4 Å². The van der Waals surface area contributed by atoms with Crippen molar-refractivity contribution < 1.29 is 27.5 Å². The summed E-state index contributed by atoms with van der Waals surface area (Å²) in [6.07, 6.45) is 1.25. The molecule has 200 valence electrons. The van der Waals surface area contributed by atoms with Gasteiger partial charge in [0.2, 0.25) is 28.6 Å².